The SMILES string of the molecule is CC[C@@H](C)NC(=O)[C@@H](C)N(Cc1ccccc1C)C(=O)CCCN(c1cccc(C(F)(F)F)c1)S(C)(=O)=O. The quantitative estimate of drug-likeness (QED) is 0.404. The number of nitrogens with one attached hydrogen (secondary N) is 1. The molecule has 0 aliphatic heterocycles. The Hall–Kier alpha value is -3.08. The molecule has 0 saturated carbocycles. The van der Waals surface area contributed by atoms with Crippen LogP contribution in [0.1, 0.15) is 56.7 Å². The molecule has 0 aromatic heterocycles. The summed E-state index contributed by atoms with van der Waals surface area (Å²) in [5, 5.41) is 2.89. The van der Waals surface area contributed by atoms with E-state index in [4.69, 9.17) is 0 Å². The van der Waals surface area contributed by atoms with Crippen molar-refractivity contribution in [2.24, 2.45) is 0 Å². The van der Waals surface area contributed by atoms with E-state index in [9.17, 15) is 31.2 Å². The molecule has 2 aromatic carbocycles. The predicted octanol–water partition coefficient (Wildman–Crippen LogP) is 4.89. The number of alkyl halides is 3. The molecule has 0 spiro atoms. The maximum absolute atomic E-state index is 13.3. The first-order valence-electron chi connectivity index (χ1n) is 12.4. The topological polar surface area (TPSA) is 86.8 Å². The highest BCUT2D eigenvalue weighted by Gasteiger charge is 2.32. The van der Waals surface area contributed by atoms with Crippen LogP contribution < -0.4 is 9.62 Å². The van der Waals surface area contributed by atoms with Crippen molar-refractivity contribution in [3.8, 4) is 0 Å². The molecule has 2 aromatic rings. The average molecular weight is 556 g/mol. The van der Waals surface area contributed by atoms with Gasteiger partial charge in [-0.2, -0.15) is 13.2 Å². The van der Waals surface area contributed by atoms with Gasteiger partial charge in [-0.15, -0.1) is 0 Å². The van der Waals surface area contributed by atoms with Gasteiger partial charge in [-0.05, 0) is 62.9 Å². The van der Waals surface area contributed by atoms with Crippen LogP contribution in [0.2, 0.25) is 0 Å². The molecule has 0 radical (unpaired) electrons. The second-order valence-corrected chi connectivity index (χ2v) is 11.3. The predicted molar refractivity (Wildman–Crippen MR) is 142 cm³/mol. The molecule has 2 atom stereocenters. The van der Waals surface area contributed by atoms with Crippen molar-refractivity contribution in [1.82, 2.24) is 10.2 Å². The van der Waals surface area contributed by atoms with Crippen LogP contribution in [-0.2, 0) is 32.3 Å². The van der Waals surface area contributed by atoms with Gasteiger partial charge in [0.15, 0.2) is 0 Å². The van der Waals surface area contributed by atoms with Crippen molar-refractivity contribution in [3.05, 3.63) is 65.2 Å². The first kappa shape index (κ1) is 31.1. The minimum Gasteiger partial charge on any atom is -0.352 e. The number of benzene rings is 2. The number of rotatable bonds is 12. The maximum atomic E-state index is 13.3. The highest BCUT2D eigenvalue weighted by molar-refractivity contribution is 7.92. The van der Waals surface area contributed by atoms with Gasteiger partial charge in [-0.25, -0.2) is 8.42 Å². The summed E-state index contributed by atoms with van der Waals surface area (Å²) in [4.78, 5) is 27.7. The zero-order valence-electron chi connectivity index (χ0n) is 22.4. The van der Waals surface area contributed by atoms with Gasteiger partial charge in [0.05, 0.1) is 17.5 Å². The molecule has 210 valence electrons. The number of sulfonamides is 1. The minimum absolute atomic E-state index is 0.0477. The van der Waals surface area contributed by atoms with Crippen LogP contribution in [0.15, 0.2) is 48.5 Å². The first-order chi connectivity index (χ1) is 17.6. The van der Waals surface area contributed by atoms with E-state index in [0.717, 1.165) is 46.3 Å². The number of hydrogen-bond donors (Lipinski definition) is 1. The van der Waals surface area contributed by atoms with E-state index >= 15 is 0 Å². The Kier molecular flexibility index (Phi) is 10.8. The summed E-state index contributed by atoms with van der Waals surface area (Å²) in [7, 11) is -3.92. The van der Waals surface area contributed by atoms with E-state index in [1.165, 1.54) is 11.0 Å². The summed E-state index contributed by atoms with van der Waals surface area (Å²) < 4.78 is 65.2. The smallest absolute Gasteiger partial charge is 0.352 e. The second-order valence-electron chi connectivity index (χ2n) is 9.43. The van der Waals surface area contributed by atoms with Crippen LogP contribution in [0.5, 0.6) is 0 Å². The lowest BCUT2D eigenvalue weighted by atomic mass is 10.1. The Balaban J connectivity index is 2.23. The average Bonchev–Trinajstić information content (AvgIpc) is 2.84. The summed E-state index contributed by atoms with van der Waals surface area (Å²) >= 11 is 0. The Morgan fingerprint density at radius 3 is 2.29 bits per heavy atom. The summed E-state index contributed by atoms with van der Waals surface area (Å²) in [5.41, 5.74) is 0.719. The van der Waals surface area contributed by atoms with Crippen molar-refractivity contribution in [2.45, 2.75) is 71.8 Å². The largest absolute Gasteiger partial charge is 0.416 e. The van der Waals surface area contributed by atoms with Crippen molar-refractivity contribution in [3.63, 3.8) is 0 Å². The van der Waals surface area contributed by atoms with Gasteiger partial charge < -0.3 is 10.2 Å². The summed E-state index contributed by atoms with van der Waals surface area (Å²) in [6, 6.07) is 10.7. The molecule has 0 saturated heterocycles. The number of anilines is 1. The van der Waals surface area contributed by atoms with Crippen molar-refractivity contribution in [1.29, 1.82) is 0 Å². The molecule has 0 bridgehead atoms. The number of carbonyl (C=O) groups excluding carboxylic acids is 2. The molecule has 0 heterocycles. The summed E-state index contributed by atoms with van der Waals surface area (Å²) in [5.74, 6) is -0.666. The normalized spacial score (nSPS) is 13.5. The van der Waals surface area contributed by atoms with Gasteiger partial charge >= 0.3 is 6.18 Å². The molecule has 38 heavy (non-hydrogen) atoms. The van der Waals surface area contributed by atoms with E-state index in [1.807, 2.05) is 45.0 Å². The molecule has 7 nitrogen and oxygen atoms in total. The van der Waals surface area contributed by atoms with E-state index < -0.39 is 27.8 Å². The fourth-order valence-corrected chi connectivity index (χ4v) is 4.82. The van der Waals surface area contributed by atoms with Crippen molar-refractivity contribution < 1.29 is 31.2 Å². The number of halogens is 3. The lowest BCUT2D eigenvalue weighted by Crippen LogP contribution is -2.49. The van der Waals surface area contributed by atoms with Crippen LogP contribution in [0.4, 0.5) is 18.9 Å². The van der Waals surface area contributed by atoms with Gasteiger partial charge in [-0.3, -0.25) is 13.9 Å². The van der Waals surface area contributed by atoms with Crippen LogP contribution in [-0.4, -0.2) is 50.0 Å². The number of hydrogen-bond acceptors (Lipinski definition) is 4. The van der Waals surface area contributed by atoms with E-state index in [1.54, 1.807) is 6.92 Å². The van der Waals surface area contributed by atoms with Gasteiger partial charge in [0.25, 0.3) is 0 Å². The Morgan fingerprint density at radius 1 is 1.05 bits per heavy atom. The fraction of sp³-hybridized carbons (Fsp3) is 0.481. The third-order valence-corrected chi connectivity index (χ3v) is 7.58. The van der Waals surface area contributed by atoms with E-state index in [2.05, 4.69) is 5.32 Å². The van der Waals surface area contributed by atoms with Crippen LogP contribution in [0.3, 0.4) is 0 Å². The number of carbonyl (C=O) groups is 2. The Labute approximate surface area is 223 Å². The number of amides is 2. The highest BCUT2D eigenvalue weighted by Crippen LogP contribution is 2.32. The molecule has 0 aliphatic carbocycles. The molecular formula is C27H36F3N3O4S. The van der Waals surface area contributed by atoms with E-state index in [-0.39, 0.29) is 49.5 Å². The third kappa shape index (κ3) is 8.75. The third-order valence-electron chi connectivity index (χ3n) is 6.38. The Bertz CT molecular complexity index is 1220. The monoisotopic (exact) mass is 555 g/mol. The highest BCUT2D eigenvalue weighted by atomic mass is 32.2. The summed E-state index contributed by atoms with van der Waals surface area (Å²) in [6.45, 7) is 7.33. The molecule has 0 aliphatic rings. The Morgan fingerprint density at radius 2 is 1.71 bits per heavy atom. The molecule has 1 N–H and O–H groups in total. The van der Waals surface area contributed by atoms with Crippen LogP contribution >= 0.6 is 0 Å². The molecular weight excluding hydrogens is 519 g/mol. The van der Waals surface area contributed by atoms with Gasteiger partial charge in [0.1, 0.15) is 6.04 Å². The standard InChI is InChI=1S/C27H36F3N3O4S/c1-6-20(3)31-26(35)21(4)32(18-22-12-8-7-11-19(22)2)25(34)15-10-16-33(38(5,36)37)24-14-9-13-23(17-24)27(28,29)30/h7-9,11-14,17,20-21H,6,10,15-16,18H2,1-5H3,(H,31,35)/t20-,21-/m1/s1. The molecule has 2 rings (SSSR count). The zero-order chi connectivity index (χ0) is 28.7. The van der Waals surface area contributed by atoms with Gasteiger partial charge in [0, 0.05) is 25.6 Å². The van der Waals surface area contributed by atoms with Crippen molar-refractivity contribution >= 4 is 27.5 Å². The molecule has 0 fully saturated rings. The van der Waals surface area contributed by atoms with E-state index in [0.29, 0.717) is 0 Å². The first-order valence-corrected chi connectivity index (χ1v) is 14.3. The molecule has 0 unspecified atom stereocenters. The molecule has 11 heteroatoms. The second kappa shape index (κ2) is 13.1. The maximum Gasteiger partial charge on any atom is 0.416 e. The minimum atomic E-state index is -4.63. The van der Waals surface area contributed by atoms with Gasteiger partial charge in [-0.1, -0.05) is 37.3 Å². The zero-order valence-corrected chi connectivity index (χ0v) is 23.2. The lowest BCUT2D eigenvalue weighted by molar-refractivity contribution is -0.140. The van der Waals surface area contributed by atoms with Crippen LogP contribution in [0, 0.1) is 6.92 Å². The van der Waals surface area contributed by atoms with Gasteiger partial charge in [0.2, 0.25) is 21.8 Å². The fourth-order valence-electron chi connectivity index (χ4n) is 3.86. The van der Waals surface area contributed by atoms with Crippen molar-refractivity contribution in [2.75, 3.05) is 17.1 Å². The summed E-state index contributed by atoms with van der Waals surface area (Å²) in [6.07, 6.45) is -3.05. The van der Waals surface area contributed by atoms with Crippen LogP contribution in [0.25, 0.3) is 0 Å². The lowest BCUT2D eigenvalue weighted by Gasteiger charge is -2.30. The number of aryl methyl sites for hydroxylation is 1. The number of nitrogens with zero attached hydrogens (tertiary/aromatic N) is 2. The molecule has 2 amide bonds.